The monoisotopic (exact) mass is 216 g/mol. The third-order valence-electron chi connectivity index (χ3n) is 2.10. The molecule has 0 N–H and O–H groups in total. The van der Waals surface area contributed by atoms with Crippen LogP contribution in [0.5, 0.6) is 0 Å². The van der Waals surface area contributed by atoms with Crippen molar-refractivity contribution >= 4 is 5.78 Å². The Morgan fingerprint density at radius 1 is 1.33 bits per heavy atom. The summed E-state index contributed by atoms with van der Waals surface area (Å²) in [7, 11) is 0. The number of ketones is 1. The lowest BCUT2D eigenvalue weighted by molar-refractivity contribution is -0.137. The second kappa shape index (κ2) is 4.04. The van der Waals surface area contributed by atoms with E-state index in [0.29, 0.717) is 5.56 Å². The summed E-state index contributed by atoms with van der Waals surface area (Å²) in [6.07, 6.45) is -4.39. The Hall–Kier alpha value is -1.32. The van der Waals surface area contributed by atoms with Crippen LogP contribution in [0.2, 0.25) is 0 Å². The van der Waals surface area contributed by atoms with Gasteiger partial charge in [0.05, 0.1) is 5.56 Å². The molecule has 0 aliphatic carbocycles. The smallest absolute Gasteiger partial charge is 0.294 e. The standard InChI is InChI=1S/C11H11F3O/c1-3-10(15)8-5-4-7(2)6-9(8)11(12,13)14/h4-6H,3H2,1-2H3. The number of alkyl halides is 3. The van der Waals surface area contributed by atoms with Crippen molar-refractivity contribution < 1.29 is 18.0 Å². The summed E-state index contributed by atoms with van der Waals surface area (Å²) in [5.41, 5.74) is -0.583. The molecular formula is C11H11F3O. The highest BCUT2D eigenvalue weighted by molar-refractivity contribution is 5.97. The number of carbonyl (C=O) groups is 1. The van der Waals surface area contributed by atoms with E-state index in [1.807, 2.05) is 0 Å². The lowest BCUT2D eigenvalue weighted by Crippen LogP contribution is -2.12. The summed E-state index contributed by atoms with van der Waals surface area (Å²) in [6.45, 7) is 3.11. The number of benzene rings is 1. The van der Waals surface area contributed by atoms with Crippen LogP contribution in [0.3, 0.4) is 0 Å². The van der Waals surface area contributed by atoms with Crippen molar-refractivity contribution in [1.82, 2.24) is 0 Å². The quantitative estimate of drug-likeness (QED) is 0.690. The van der Waals surface area contributed by atoms with E-state index in [-0.39, 0.29) is 12.0 Å². The molecule has 1 aromatic carbocycles. The van der Waals surface area contributed by atoms with E-state index in [2.05, 4.69) is 0 Å². The van der Waals surface area contributed by atoms with Crippen molar-refractivity contribution in [3.8, 4) is 0 Å². The van der Waals surface area contributed by atoms with Crippen LogP contribution in [0.15, 0.2) is 18.2 Å². The fourth-order valence-corrected chi connectivity index (χ4v) is 1.33. The summed E-state index contributed by atoms with van der Waals surface area (Å²) >= 11 is 0. The van der Waals surface area contributed by atoms with Crippen molar-refractivity contribution in [1.29, 1.82) is 0 Å². The maximum atomic E-state index is 12.6. The second-order valence-corrected chi connectivity index (χ2v) is 3.32. The SMILES string of the molecule is CCC(=O)c1ccc(C)cc1C(F)(F)F. The van der Waals surface area contributed by atoms with Crippen molar-refractivity contribution in [3.05, 3.63) is 34.9 Å². The van der Waals surface area contributed by atoms with Gasteiger partial charge in [-0.05, 0) is 13.0 Å². The molecule has 0 saturated carbocycles. The Morgan fingerprint density at radius 2 is 1.93 bits per heavy atom. The fourth-order valence-electron chi connectivity index (χ4n) is 1.33. The average Bonchev–Trinajstić information content (AvgIpc) is 2.15. The molecule has 0 radical (unpaired) electrons. The van der Waals surface area contributed by atoms with Gasteiger partial charge in [0.15, 0.2) is 5.78 Å². The second-order valence-electron chi connectivity index (χ2n) is 3.32. The van der Waals surface area contributed by atoms with Crippen LogP contribution in [0, 0.1) is 6.92 Å². The molecule has 0 atom stereocenters. The van der Waals surface area contributed by atoms with Gasteiger partial charge >= 0.3 is 6.18 Å². The number of hydrogen-bond acceptors (Lipinski definition) is 1. The molecule has 1 aromatic rings. The number of aryl methyl sites for hydroxylation is 1. The highest BCUT2D eigenvalue weighted by Crippen LogP contribution is 2.33. The van der Waals surface area contributed by atoms with E-state index >= 15 is 0 Å². The maximum absolute atomic E-state index is 12.6. The van der Waals surface area contributed by atoms with E-state index in [4.69, 9.17) is 0 Å². The van der Waals surface area contributed by atoms with E-state index in [9.17, 15) is 18.0 Å². The summed E-state index contributed by atoms with van der Waals surface area (Å²) < 4.78 is 37.7. The Kier molecular flexibility index (Phi) is 3.17. The molecule has 0 saturated heterocycles. The van der Waals surface area contributed by atoms with Crippen LogP contribution in [-0.2, 0) is 6.18 Å². The number of rotatable bonds is 2. The number of halogens is 3. The van der Waals surface area contributed by atoms with Crippen LogP contribution in [-0.4, -0.2) is 5.78 Å². The fraction of sp³-hybridized carbons (Fsp3) is 0.364. The number of hydrogen-bond donors (Lipinski definition) is 0. The lowest BCUT2D eigenvalue weighted by Gasteiger charge is -2.12. The molecule has 1 rings (SSSR count). The van der Waals surface area contributed by atoms with Gasteiger partial charge in [0.2, 0.25) is 0 Å². The Labute approximate surface area is 85.9 Å². The molecule has 82 valence electrons. The molecule has 1 nitrogen and oxygen atoms in total. The van der Waals surface area contributed by atoms with Gasteiger partial charge in [-0.2, -0.15) is 13.2 Å². The van der Waals surface area contributed by atoms with Crippen molar-refractivity contribution in [2.75, 3.05) is 0 Å². The molecule has 0 aromatic heterocycles. The van der Waals surface area contributed by atoms with Crippen molar-refractivity contribution in [2.45, 2.75) is 26.4 Å². The zero-order chi connectivity index (χ0) is 11.6. The molecule has 15 heavy (non-hydrogen) atoms. The van der Waals surface area contributed by atoms with Crippen LogP contribution in [0.25, 0.3) is 0 Å². The first-order valence-electron chi connectivity index (χ1n) is 4.57. The van der Waals surface area contributed by atoms with Gasteiger partial charge in [0, 0.05) is 12.0 Å². The first-order chi connectivity index (χ1) is 6.86. The lowest BCUT2D eigenvalue weighted by atomic mass is 9.99. The minimum Gasteiger partial charge on any atom is -0.294 e. The Bertz CT molecular complexity index is 380. The van der Waals surface area contributed by atoms with E-state index in [0.717, 1.165) is 6.07 Å². The summed E-state index contributed by atoms with van der Waals surface area (Å²) in [4.78, 5) is 11.3. The molecule has 0 heterocycles. The summed E-state index contributed by atoms with van der Waals surface area (Å²) in [5.74, 6) is -0.484. The minimum absolute atomic E-state index is 0.0755. The zero-order valence-corrected chi connectivity index (χ0v) is 8.48. The molecule has 0 aliphatic heterocycles. The van der Waals surface area contributed by atoms with Crippen molar-refractivity contribution in [2.24, 2.45) is 0 Å². The predicted molar refractivity (Wildman–Crippen MR) is 50.8 cm³/mol. The van der Waals surface area contributed by atoms with Gasteiger partial charge in [-0.15, -0.1) is 0 Å². The molecule has 0 unspecified atom stereocenters. The van der Waals surface area contributed by atoms with Gasteiger partial charge in [0.25, 0.3) is 0 Å². The van der Waals surface area contributed by atoms with Crippen molar-refractivity contribution in [3.63, 3.8) is 0 Å². The third kappa shape index (κ3) is 2.58. The Balaban J connectivity index is 3.33. The molecule has 0 amide bonds. The van der Waals surface area contributed by atoms with Gasteiger partial charge < -0.3 is 0 Å². The van der Waals surface area contributed by atoms with Gasteiger partial charge in [-0.3, -0.25) is 4.79 Å². The van der Waals surface area contributed by atoms with Crippen LogP contribution >= 0.6 is 0 Å². The van der Waals surface area contributed by atoms with E-state index in [1.165, 1.54) is 12.1 Å². The molecule has 4 heteroatoms. The molecule has 0 aliphatic rings. The first-order valence-corrected chi connectivity index (χ1v) is 4.57. The summed E-state index contributed by atoms with van der Waals surface area (Å²) in [5, 5.41) is 0. The number of carbonyl (C=O) groups excluding carboxylic acids is 1. The van der Waals surface area contributed by atoms with Gasteiger partial charge in [-0.25, -0.2) is 0 Å². The first kappa shape index (κ1) is 11.8. The van der Waals surface area contributed by atoms with Crippen LogP contribution in [0.1, 0.15) is 34.8 Å². The normalized spacial score (nSPS) is 11.5. The number of Topliss-reactive ketones (excluding diaryl/α,β-unsaturated/α-hetero) is 1. The van der Waals surface area contributed by atoms with Crippen LogP contribution in [0.4, 0.5) is 13.2 Å². The van der Waals surface area contributed by atoms with Crippen LogP contribution < -0.4 is 0 Å². The average molecular weight is 216 g/mol. The topological polar surface area (TPSA) is 17.1 Å². The zero-order valence-electron chi connectivity index (χ0n) is 8.48. The molecular weight excluding hydrogens is 205 g/mol. The Morgan fingerprint density at radius 3 is 2.40 bits per heavy atom. The highest BCUT2D eigenvalue weighted by Gasteiger charge is 2.34. The maximum Gasteiger partial charge on any atom is 0.417 e. The molecule has 0 fully saturated rings. The van der Waals surface area contributed by atoms with E-state index in [1.54, 1.807) is 13.8 Å². The summed E-state index contributed by atoms with van der Waals surface area (Å²) in [6, 6.07) is 3.75. The third-order valence-corrected chi connectivity index (χ3v) is 2.10. The molecule has 0 bridgehead atoms. The highest BCUT2D eigenvalue weighted by atomic mass is 19.4. The molecule has 0 spiro atoms. The van der Waals surface area contributed by atoms with Gasteiger partial charge in [-0.1, -0.05) is 24.6 Å². The minimum atomic E-state index is -4.47. The van der Waals surface area contributed by atoms with E-state index < -0.39 is 17.5 Å². The predicted octanol–water partition coefficient (Wildman–Crippen LogP) is 3.61. The van der Waals surface area contributed by atoms with Gasteiger partial charge in [0.1, 0.15) is 0 Å². The largest absolute Gasteiger partial charge is 0.417 e.